The van der Waals surface area contributed by atoms with Crippen LogP contribution >= 0.6 is 15.9 Å². The van der Waals surface area contributed by atoms with E-state index in [0.29, 0.717) is 23.3 Å². The van der Waals surface area contributed by atoms with Crippen LogP contribution in [0.3, 0.4) is 0 Å². The number of rotatable bonds is 5. The van der Waals surface area contributed by atoms with E-state index in [9.17, 15) is 9.59 Å². The fourth-order valence-corrected chi connectivity index (χ4v) is 4.08. The van der Waals surface area contributed by atoms with E-state index in [4.69, 9.17) is 9.72 Å². The predicted octanol–water partition coefficient (Wildman–Crippen LogP) is 4.86. The third-order valence-corrected chi connectivity index (χ3v) is 5.71. The SMILES string of the molecule is CCOC(=O)Cn1cc(C=Nn2c(C(C)(C)C)nc3ccc(Br)cc3c2=O)c2ccccc21. The largest absolute Gasteiger partial charge is 0.465 e. The maximum absolute atomic E-state index is 13.4. The van der Waals surface area contributed by atoms with Gasteiger partial charge in [-0.3, -0.25) is 9.59 Å². The minimum atomic E-state index is -0.407. The highest BCUT2D eigenvalue weighted by atomic mass is 79.9. The number of halogens is 1. The molecule has 0 aliphatic heterocycles. The standard InChI is InChI=1S/C25H25BrN4O3/c1-5-33-22(31)15-29-14-16(18-8-6-7-9-21(18)29)13-27-30-23(32)19-12-17(26)10-11-20(19)28-24(30)25(2,3)4/h6-14H,5,15H2,1-4H3. The van der Waals surface area contributed by atoms with E-state index in [0.717, 1.165) is 20.9 Å². The van der Waals surface area contributed by atoms with Gasteiger partial charge in [0.25, 0.3) is 5.56 Å². The summed E-state index contributed by atoms with van der Waals surface area (Å²) in [5, 5.41) is 5.98. The van der Waals surface area contributed by atoms with Crippen LogP contribution in [0, 0.1) is 0 Å². The Bertz CT molecular complexity index is 1440. The number of esters is 1. The number of hydrogen-bond acceptors (Lipinski definition) is 5. The van der Waals surface area contributed by atoms with Gasteiger partial charge in [-0.25, -0.2) is 4.98 Å². The monoisotopic (exact) mass is 508 g/mol. The van der Waals surface area contributed by atoms with Crippen molar-refractivity contribution in [2.24, 2.45) is 5.10 Å². The number of fused-ring (bicyclic) bond motifs is 2. The lowest BCUT2D eigenvalue weighted by atomic mass is 9.95. The van der Waals surface area contributed by atoms with Crippen LogP contribution in [-0.2, 0) is 21.5 Å². The van der Waals surface area contributed by atoms with Crippen LogP contribution in [-0.4, -0.2) is 33.0 Å². The maximum Gasteiger partial charge on any atom is 0.325 e. The Hall–Kier alpha value is -3.26. The van der Waals surface area contributed by atoms with Gasteiger partial charge in [0.2, 0.25) is 0 Å². The molecule has 0 N–H and O–H groups in total. The molecule has 4 aromatic rings. The molecule has 33 heavy (non-hydrogen) atoms. The summed E-state index contributed by atoms with van der Waals surface area (Å²) >= 11 is 3.43. The second-order valence-electron chi connectivity index (χ2n) is 8.74. The zero-order valence-corrected chi connectivity index (χ0v) is 20.6. The van der Waals surface area contributed by atoms with Crippen LogP contribution in [0.1, 0.15) is 39.1 Å². The molecule has 0 atom stereocenters. The Kier molecular flexibility index (Phi) is 6.21. The number of aromatic nitrogens is 3. The molecule has 7 nitrogen and oxygen atoms in total. The number of ether oxygens (including phenoxy) is 1. The van der Waals surface area contributed by atoms with Crippen LogP contribution in [0.15, 0.2) is 63.0 Å². The van der Waals surface area contributed by atoms with Crippen LogP contribution in [0.2, 0.25) is 0 Å². The Labute approximate surface area is 199 Å². The van der Waals surface area contributed by atoms with Gasteiger partial charge in [-0.15, -0.1) is 0 Å². The van der Waals surface area contributed by atoms with E-state index in [1.165, 1.54) is 4.68 Å². The van der Waals surface area contributed by atoms with E-state index in [1.54, 1.807) is 19.2 Å². The van der Waals surface area contributed by atoms with Crippen molar-refractivity contribution in [1.82, 2.24) is 14.2 Å². The molecule has 0 bridgehead atoms. The highest BCUT2D eigenvalue weighted by Crippen LogP contribution is 2.24. The molecule has 0 radical (unpaired) electrons. The normalized spacial score (nSPS) is 12.2. The molecule has 0 saturated heterocycles. The van der Waals surface area contributed by atoms with Crippen LogP contribution < -0.4 is 5.56 Å². The van der Waals surface area contributed by atoms with Crippen molar-refractivity contribution in [3.8, 4) is 0 Å². The molecule has 0 unspecified atom stereocenters. The van der Waals surface area contributed by atoms with Gasteiger partial charge in [-0.1, -0.05) is 54.9 Å². The predicted molar refractivity (Wildman–Crippen MR) is 134 cm³/mol. The molecule has 0 spiro atoms. The smallest absolute Gasteiger partial charge is 0.325 e. The van der Waals surface area contributed by atoms with Gasteiger partial charge < -0.3 is 9.30 Å². The summed E-state index contributed by atoms with van der Waals surface area (Å²) in [5.74, 6) is 0.256. The van der Waals surface area contributed by atoms with Crippen molar-refractivity contribution >= 4 is 49.9 Å². The molecule has 2 aromatic carbocycles. The molecular formula is C25H25BrN4O3. The number of carbonyl (C=O) groups excluding carboxylic acids is 1. The second-order valence-corrected chi connectivity index (χ2v) is 9.66. The van der Waals surface area contributed by atoms with E-state index < -0.39 is 5.41 Å². The van der Waals surface area contributed by atoms with Crippen molar-refractivity contribution in [3.63, 3.8) is 0 Å². The van der Waals surface area contributed by atoms with E-state index in [2.05, 4.69) is 21.0 Å². The maximum atomic E-state index is 13.4. The van der Waals surface area contributed by atoms with E-state index in [1.807, 2.05) is 67.9 Å². The number of para-hydroxylation sites is 1. The first-order valence-electron chi connectivity index (χ1n) is 10.7. The summed E-state index contributed by atoms with van der Waals surface area (Å²) in [7, 11) is 0. The Morgan fingerprint density at radius 3 is 2.67 bits per heavy atom. The van der Waals surface area contributed by atoms with Crippen LogP contribution in [0.5, 0.6) is 0 Å². The lowest BCUT2D eigenvalue weighted by Crippen LogP contribution is -2.29. The Morgan fingerprint density at radius 1 is 1.18 bits per heavy atom. The molecule has 4 rings (SSSR count). The second kappa shape index (κ2) is 8.94. The molecule has 0 aliphatic rings. The molecule has 2 heterocycles. The van der Waals surface area contributed by atoms with Crippen LogP contribution in [0.4, 0.5) is 0 Å². The third-order valence-electron chi connectivity index (χ3n) is 5.22. The molecule has 0 saturated carbocycles. The number of benzene rings is 2. The summed E-state index contributed by atoms with van der Waals surface area (Å²) in [6, 6.07) is 13.2. The molecule has 170 valence electrons. The number of hydrogen-bond donors (Lipinski definition) is 0. The summed E-state index contributed by atoms with van der Waals surface area (Å²) in [4.78, 5) is 30.2. The summed E-state index contributed by atoms with van der Waals surface area (Å²) in [6.07, 6.45) is 3.49. The minimum Gasteiger partial charge on any atom is -0.465 e. The van der Waals surface area contributed by atoms with Gasteiger partial charge in [-0.2, -0.15) is 9.78 Å². The molecule has 0 fully saturated rings. The quantitative estimate of drug-likeness (QED) is 0.285. The van der Waals surface area contributed by atoms with Gasteiger partial charge >= 0.3 is 5.97 Å². The van der Waals surface area contributed by atoms with E-state index in [-0.39, 0.29) is 18.1 Å². The topological polar surface area (TPSA) is 78.5 Å². The fourth-order valence-electron chi connectivity index (χ4n) is 3.72. The molecular weight excluding hydrogens is 484 g/mol. The number of carbonyl (C=O) groups is 1. The molecule has 2 aromatic heterocycles. The Morgan fingerprint density at radius 2 is 1.94 bits per heavy atom. The highest BCUT2D eigenvalue weighted by molar-refractivity contribution is 9.10. The van der Waals surface area contributed by atoms with Gasteiger partial charge in [0.1, 0.15) is 12.4 Å². The lowest BCUT2D eigenvalue weighted by molar-refractivity contribution is -0.143. The zero-order valence-electron chi connectivity index (χ0n) is 19.0. The van der Waals surface area contributed by atoms with Crippen molar-refractivity contribution in [2.75, 3.05) is 6.61 Å². The van der Waals surface area contributed by atoms with Crippen LogP contribution in [0.25, 0.3) is 21.8 Å². The Balaban J connectivity index is 1.86. The van der Waals surface area contributed by atoms with Gasteiger partial charge in [0.05, 0.1) is 23.7 Å². The molecule has 0 amide bonds. The first-order valence-corrected chi connectivity index (χ1v) is 11.5. The summed E-state index contributed by atoms with van der Waals surface area (Å²) in [5.41, 5.74) is 1.66. The zero-order chi connectivity index (χ0) is 23.8. The van der Waals surface area contributed by atoms with Crippen molar-refractivity contribution in [3.05, 3.63) is 74.9 Å². The average molecular weight is 509 g/mol. The van der Waals surface area contributed by atoms with Crippen molar-refractivity contribution < 1.29 is 9.53 Å². The highest BCUT2D eigenvalue weighted by Gasteiger charge is 2.23. The van der Waals surface area contributed by atoms with Gasteiger partial charge in [0, 0.05) is 32.6 Å². The van der Waals surface area contributed by atoms with Gasteiger partial charge in [0.15, 0.2) is 0 Å². The minimum absolute atomic E-state index is 0.0982. The summed E-state index contributed by atoms with van der Waals surface area (Å²) in [6.45, 7) is 8.20. The number of nitrogens with zero attached hydrogens (tertiary/aromatic N) is 4. The molecule has 8 heteroatoms. The fraction of sp³-hybridized carbons (Fsp3) is 0.280. The average Bonchev–Trinajstić information content (AvgIpc) is 3.10. The first-order chi connectivity index (χ1) is 15.7. The summed E-state index contributed by atoms with van der Waals surface area (Å²) < 4.78 is 9.10. The first kappa shape index (κ1) is 22.9. The van der Waals surface area contributed by atoms with Crippen molar-refractivity contribution in [1.29, 1.82) is 0 Å². The third kappa shape index (κ3) is 4.61. The molecule has 0 aliphatic carbocycles. The van der Waals surface area contributed by atoms with E-state index >= 15 is 0 Å². The van der Waals surface area contributed by atoms with Crippen molar-refractivity contribution in [2.45, 2.75) is 39.7 Å². The lowest BCUT2D eigenvalue weighted by Gasteiger charge is -2.20. The van der Waals surface area contributed by atoms with Gasteiger partial charge in [-0.05, 0) is 31.2 Å².